The Labute approximate surface area is 230 Å². The summed E-state index contributed by atoms with van der Waals surface area (Å²) < 4.78 is 5.32. The Morgan fingerprint density at radius 1 is 1.08 bits per heavy atom. The minimum atomic E-state index is -0.781. The Balaban J connectivity index is 1.78. The normalized spacial score (nSPS) is 13.8. The van der Waals surface area contributed by atoms with E-state index in [0.29, 0.717) is 35.8 Å². The van der Waals surface area contributed by atoms with Crippen molar-refractivity contribution in [2.45, 2.75) is 66.0 Å². The zero-order valence-corrected chi connectivity index (χ0v) is 23.5. The number of rotatable bonds is 9. The number of hydrogen-bond donors (Lipinski definition) is 2. The third kappa shape index (κ3) is 8.00. The highest BCUT2D eigenvalue weighted by atomic mass is 16.7. The number of carbonyl (C=O) groups excluding carboxylic acids is 3. The zero-order valence-electron chi connectivity index (χ0n) is 23.5. The first-order chi connectivity index (χ1) is 18.4. The molecule has 0 saturated heterocycles. The van der Waals surface area contributed by atoms with Gasteiger partial charge in [0.05, 0.1) is 12.3 Å². The molecule has 208 valence electrons. The molecule has 39 heavy (non-hydrogen) atoms. The van der Waals surface area contributed by atoms with Gasteiger partial charge in [-0.15, -0.1) is 0 Å². The summed E-state index contributed by atoms with van der Waals surface area (Å²) in [6.07, 6.45) is 2.80. The van der Waals surface area contributed by atoms with Gasteiger partial charge in [0.15, 0.2) is 0 Å². The highest BCUT2D eigenvalue weighted by molar-refractivity contribution is 6.05. The molecule has 2 aromatic carbocycles. The SMILES string of the molecule is CCCN(OCC)C(=O)C1=Cc2ccc(-c3ccc(C(=O)N[C@H](C)C(=O)OC(C)(C)C)cc3)cc2N=C(N)C1. The maximum atomic E-state index is 13.1. The summed E-state index contributed by atoms with van der Waals surface area (Å²) in [5.41, 5.74) is 9.67. The Bertz CT molecular complexity index is 1270. The van der Waals surface area contributed by atoms with Crippen LogP contribution < -0.4 is 11.1 Å². The number of fused-ring (bicyclic) bond motifs is 1. The summed E-state index contributed by atoms with van der Waals surface area (Å²) >= 11 is 0. The van der Waals surface area contributed by atoms with Gasteiger partial charge >= 0.3 is 5.97 Å². The molecule has 1 atom stereocenters. The molecular formula is C30H38N4O5. The molecule has 3 N–H and O–H groups in total. The monoisotopic (exact) mass is 534 g/mol. The van der Waals surface area contributed by atoms with Crippen molar-refractivity contribution in [1.29, 1.82) is 0 Å². The van der Waals surface area contributed by atoms with Crippen LogP contribution in [-0.4, -0.2) is 53.5 Å². The van der Waals surface area contributed by atoms with Crippen LogP contribution in [0.5, 0.6) is 0 Å². The largest absolute Gasteiger partial charge is 0.458 e. The van der Waals surface area contributed by atoms with Crippen LogP contribution in [-0.2, 0) is 19.2 Å². The van der Waals surface area contributed by atoms with Gasteiger partial charge in [-0.25, -0.2) is 14.9 Å². The number of nitrogens with two attached hydrogens (primary N) is 1. The van der Waals surface area contributed by atoms with Gasteiger partial charge in [0, 0.05) is 29.7 Å². The molecule has 1 heterocycles. The van der Waals surface area contributed by atoms with E-state index in [4.69, 9.17) is 15.3 Å². The minimum absolute atomic E-state index is 0.219. The van der Waals surface area contributed by atoms with Crippen LogP contribution >= 0.6 is 0 Å². The number of benzene rings is 2. The molecule has 2 aromatic rings. The fourth-order valence-electron chi connectivity index (χ4n) is 3.99. The molecule has 0 radical (unpaired) electrons. The van der Waals surface area contributed by atoms with Gasteiger partial charge in [-0.3, -0.25) is 14.4 Å². The van der Waals surface area contributed by atoms with Crippen LogP contribution in [0.4, 0.5) is 5.69 Å². The lowest BCUT2D eigenvalue weighted by Gasteiger charge is -2.22. The number of aliphatic imine (C=N–C) groups is 1. The first-order valence-corrected chi connectivity index (χ1v) is 13.2. The van der Waals surface area contributed by atoms with E-state index in [1.165, 1.54) is 5.06 Å². The Hall–Kier alpha value is -3.98. The summed E-state index contributed by atoms with van der Waals surface area (Å²) in [4.78, 5) is 48.0. The second kappa shape index (κ2) is 12.7. The summed E-state index contributed by atoms with van der Waals surface area (Å²) in [7, 11) is 0. The van der Waals surface area contributed by atoms with E-state index in [2.05, 4.69) is 10.3 Å². The lowest BCUT2D eigenvalue weighted by atomic mass is 10.00. The van der Waals surface area contributed by atoms with Crippen molar-refractivity contribution in [2.24, 2.45) is 10.7 Å². The smallest absolute Gasteiger partial charge is 0.328 e. The number of hydroxylamine groups is 2. The molecule has 0 unspecified atom stereocenters. The molecule has 0 spiro atoms. The van der Waals surface area contributed by atoms with Crippen molar-refractivity contribution in [3.8, 4) is 11.1 Å². The first kappa shape index (κ1) is 29.6. The molecule has 0 aromatic heterocycles. The third-order valence-corrected chi connectivity index (χ3v) is 5.80. The highest BCUT2D eigenvalue weighted by Gasteiger charge is 2.24. The second-order valence-electron chi connectivity index (χ2n) is 10.4. The van der Waals surface area contributed by atoms with Crippen LogP contribution in [0.25, 0.3) is 17.2 Å². The van der Waals surface area contributed by atoms with Gasteiger partial charge in [-0.05, 0) is 76.4 Å². The quantitative estimate of drug-likeness (QED) is 0.353. The van der Waals surface area contributed by atoms with Crippen LogP contribution in [0.3, 0.4) is 0 Å². The Morgan fingerprint density at radius 2 is 1.74 bits per heavy atom. The van der Waals surface area contributed by atoms with E-state index in [1.54, 1.807) is 39.8 Å². The van der Waals surface area contributed by atoms with Crippen LogP contribution in [0, 0.1) is 0 Å². The second-order valence-corrected chi connectivity index (χ2v) is 10.4. The standard InChI is InChI=1S/C30H38N4O5/c1-7-15-34(38-8-2)28(36)24-16-23-14-13-22(17-25(23)33-26(31)18-24)20-9-11-21(12-10-20)27(35)32-19(3)29(37)39-30(4,5)6/h9-14,16-17,19H,7-8,15,18H2,1-6H3,(H2,31,33)(H,32,35)/t19-/m1/s1. The summed E-state index contributed by atoms with van der Waals surface area (Å²) in [5.74, 6) is -0.744. The van der Waals surface area contributed by atoms with E-state index in [1.807, 2.05) is 50.3 Å². The van der Waals surface area contributed by atoms with Gasteiger partial charge in [0.2, 0.25) is 0 Å². The number of ether oxygens (including phenoxy) is 1. The molecule has 9 nitrogen and oxygen atoms in total. The number of carbonyl (C=O) groups is 3. The molecule has 9 heteroatoms. The van der Waals surface area contributed by atoms with Crippen molar-refractivity contribution < 1.29 is 24.0 Å². The number of hydrogen-bond acceptors (Lipinski definition) is 7. The molecule has 0 bridgehead atoms. The van der Waals surface area contributed by atoms with Crippen molar-refractivity contribution in [3.63, 3.8) is 0 Å². The maximum absolute atomic E-state index is 13.1. The number of nitrogens with zero attached hydrogens (tertiary/aromatic N) is 2. The van der Waals surface area contributed by atoms with Crippen LogP contribution in [0.1, 0.15) is 70.3 Å². The topological polar surface area (TPSA) is 123 Å². The number of amidine groups is 1. The fourth-order valence-corrected chi connectivity index (χ4v) is 3.99. The lowest BCUT2D eigenvalue weighted by molar-refractivity contribution is -0.180. The highest BCUT2D eigenvalue weighted by Crippen LogP contribution is 2.32. The average Bonchev–Trinajstić information content (AvgIpc) is 3.04. The molecule has 3 rings (SSSR count). The van der Waals surface area contributed by atoms with Crippen LogP contribution in [0.2, 0.25) is 0 Å². The van der Waals surface area contributed by atoms with E-state index in [-0.39, 0.29) is 18.2 Å². The summed E-state index contributed by atoms with van der Waals surface area (Å²) in [5, 5.41) is 4.06. The summed E-state index contributed by atoms with van der Waals surface area (Å²) in [6, 6.07) is 12.0. The predicted molar refractivity (Wildman–Crippen MR) is 152 cm³/mol. The molecular weight excluding hydrogens is 496 g/mol. The molecule has 0 aliphatic carbocycles. The van der Waals surface area contributed by atoms with Gasteiger partial charge in [0.1, 0.15) is 17.5 Å². The van der Waals surface area contributed by atoms with Gasteiger partial charge < -0.3 is 15.8 Å². The predicted octanol–water partition coefficient (Wildman–Crippen LogP) is 4.78. The minimum Gasteiger partial charge on any atom is -0.458 e. The Morgan fingerprint density at radius 3 is 2.36 bits per heavy atom. The van der Waals surface area contributed by atoms with Gasteiger partial charge in [-0.2, -0.15) is 0 Å². The van der Waals surface area contributed by atoms with Crippen molar-refractivity contribution >= 4 is 35.4 Å². The van der Waals surface area contributed by atoms with Crippen molar-refractivity contribution in [1.82, 2.24) is 10.4 Å². The first-order valence-electron chi connectivity index (χ1n) is 13.2. The third-order valence-electron chi connectivity index (χ3n) is 5.80. The molecule has 1 aliphatic rings. The number of amides is 2. The van der Waals surface area contributed by atoms with Gasteiger partial charge in [-0.1, -0.05) is 31.2 Å². The average molecular weight is 535 g/mol. The number of esters is 1. The van der Waals surface area contributed by atoms with Crippen molar-refractivity contribution in [2.75, 3.05) is 13.2 Å². The molecule has 0 fully saturated rings. The fraction of sp³-hybridized carbons (Fsp3) is 0.400. The Kier molecular flexibility index (Phi) is 9.64. The lowest BCUT2D eigenvalue weighted by Crippen LogP contribution is -2.42. The maximum Gasteiger partial charge on any atom is 0.328 e. The molecule has 1 aliphatic heterocycles. The van der Waals surface area contributed by atoms with Crippen molar-refractivity contribution in [3.05, 3.63) is 59.2 Å². The summed E-state index contributed by atoms with van der Waals surface area (Å²) in [6.45, 7) is 11.6. The molecule has 2 amide bonds. The van der Waals surface area contributed by atoms with E-state index in [9.17, 15) is 14.4 Å². The molecule has 0 saturated carbocycles. The zero-order chi connectivity index (χ0) is 28.7. The van der Waals surface area contributed by atoms with E-state index in [0.717, 1.165) is 23.1 Å². The van der Waals surface area contributed by atoms with Crippen LogP contribution in [0.15, 0.2) is 53.0 Å². The van der Waals surface area contributed by atoms with Gasteiger partial charge in [0.25, 0.3) is 11.8 Å². The van der Waals surface area contributed by atoms with E-state index >= 15 is 0 Å². The van der Waals surface area contributed by atoms with E-state index < -0.39 is 17.6 Å². The number of nitrogens with one attached hydrogen (secondary N) is 1.